The molecule has 1 aliphatic carbocycles. The number of nitrogens with zero attached hydrogens (tertiary/aromatic N) is 1. The lowest BCUT2D eigenvalue weighted by atomic mass is 9.98. The number of benzene rings is 1. The van der Waals surface area contributed by atoms with Crippen molar-refractivity contribution in [3.8, 4) is 0 Å². The van der Waals surface area contributed by atoms with Crippen molar-refractivity contribution in [2.24, 2.45) is 5.92 Å². The Morgan fingerprint density at radius 2 is 1.76 bits per heavy atom. The summed E-state index contributed by atoms with van der Waals surface area (Å²) in [5.74, 6) is 0.779. The second-order valence-electron chi connectivity index (χ2n) is 5.46. The molecule has 1 saturated carbocycles. The van der Waals surface area contributed by atoms with E-state index in [2.05, 4.69) is 48.1 Å². The molecule has 0 spiro atoms. The highest BCUT2D eigenvalue weighted by Gasteiger charge is 2.38. The number of hydrogen-bond acceptors (Lipinski definition) is 3. The minimum Gasteiger partial charge on any atom is -0.398 e. The second kappa shape index (κ2) is 8.37. The van der Waals surface area contributed by atoms with Crippen LogP contribution in [0.15, 0.2) is 21.1 Å². The summed E-state index contributed by atoms with van der Waals surface area (Å²) in [6, 6.07) is 4.71. The molecule has 0 amide bonds. The van der Waals surface area contributed by atoms with Crippen LogP contribution < -0.4 is 11.1 Å². The molecule has 1 atom stereocenters. The SMILES string of the molecule is Cl.Cl.Nc1c(Br)cc(Br)cc1[C@H](C1CC1)N1CCNCC1. The normalized spacial score (nSPS) is 20.3. The first-order valence-corrected chi connectivity index (χ1v) is 8.44. The molecule has 1 saturated heterocycles. The maximum Gasteiger partial charge on any atom is 0.0507 e. The van der Waals surface area contributed by atoms with Gasteiger partial charge in [-0.15, -0.1) is 24.8 Å². The molecule has 1 aliphatic heterocycles. The highest BCUT2D eigenvalue weighted by molar-refractivity contribution is 9.11. The van der Waals surface area contributed by atoms with Gasteiger partial charge in [0.05, 0.1) is 5.69 Å². The fraction of sp³-hybridized carbons (Fsp3) is 0.571. The van der Waals surface area contributed by atoms with E-state index in [0.29, 0.717) is 6.04 Å². The van der Waals surface area contributed by atoms with E-state index in [1.165, 1.54) is 18.4 Å². The van der Waals surface area contributed by atoms with E-state index in [0.717, 1.165) is 46.7 Å². The fourth-order valence-electron chi connectivity index (χ4n) is 2.97. The smallest absolute Gasteiger partial charge is 0.0507 e. The average Bonchev–Trinajstić information content (AvgIpc) is 3.21. The number of anilines is 1. The summed E-state index contributed by atoms with van der Waals surface area (Å²) in [4.78, 5) is 2.60. The van der Waals surface area contributed by atoms with E-state index >= 15 is 0 Å². The summed E-state index contributed by atoms with van der Waals surface area (Å²) in [7, 11) is 0. The summed E-state index contributed by atoms with van der Waals surface area (Å²) in [6.45, 7) is 4.39. The summed E-state index contributed by atoms with van der Waals surface area (Å²) in [5.41, 5.74) is 8.50. The molecular formula is C14H21Br2Cl2N3. The van der Waals surface area contributed by atoms with Crippen molar-refractivity contribution in [2.45, 2.75) is 18.9 Å². The van der Waals surface area contributed by atoms with Crippen molar-refractivity contribution >= 4 is 62.4 Å². The van der Waals surface area contributed by atoms with E-state index in [9.17, 15) is 0 Å². The van der Waals surface area contributed by atoms with Crippen molar-refractivity contribution in [3.05, 3.63) is 26.6 Å². The zero-order chi connectivity index (χ0) is 13.4. The van der Waals surface area contributed by atoms with Gasteiger partial charge in [0.1, 0.15) is 0 Å². The van der Waals surface area contributed by atoms with Gasteiger partial charge in [-0.1, -0.05) is 15.9 Å². The van der Waals surface area contributed by atoms with Crippen LogP contribution in [0.5, 0.6) is 0 Å². The molecule has 7 heteroatoms. The molecule has 1 aromatic carbocycles. The molecule has 1 heterocycles. The second-order valence-corrected chi connectivity index (χ2v) is 7.23. The maximum atomic E-state index is 6.31. The largest absolute Gasteiger partial charge is 0.398 e. The van der Waals surface area contributed by atoms with Crippen molar-refractivity contribution in [2.75, 3.05) is 31.9 Å². The van der Waals surface area contributed by atoms with Crippen LogP contribution in [0.4, 0.5) is 5.69 Å². The van der Waals surface area contributed by atoms with Gasteiger partial charge in [-0.25, -0.2) is 0 Å². The third-order valence-corrected chi connectivity index (χ3v) is 5.17. The van der Waals surface area contributed by atoms with E-state index < -0.39 is 0 Å². The van der Waals surface area contributed by atoms with Crippen LogP contribution in [0.3, 0.4) is 0 Å². The Kier molecular flexibility index (Phi) is 7.78. The summed E-state index contributed by atoms with van der Waals surface area (Å²) in [6.07, 6.45) is 2.66. The number of halogens is 4. The Bertz CT molecular complexity index is 478. The van der Waals surface area contributed by atoms with Crippen molar-refractivity contribution in [1.82, 2.24) is 10.2 Å². The summed E-state index contributed by atoms with van der Waals surface area (Å²) in [5, 5.41) is 3.43. The van der Waals surface area contributed by atoms with Gasteiger partial charge < -0.3 is 11.1 Å². The molecule has 2 fully saturated rings. The molecule has 3 nitrogen and oxygen atoms in total. The minimum absolute atomic E-state index is 0. The molecule has 3 rings (SSSR count). The summed E-state index contributed by atoms with van der Waals surface area (Å²) < 4.78 is 2.10. The monoisotopic (exact) mass is 459 g/mol. The van der Waals surface area contributed by atoms with Crippen LogP contribution in [0.2, 0.25) is 0 Å². The lowest BCUT2D eigenvalue weighted by molar-refractivity contribution is 0.156. The van der Waals surface area contributed by atoms with E-state index in [-0.39, 0.29) is 24.8 Å². The number of nitrogen functional groups attached to an aromatic ring is 1. The van der Waals surface area contributed by atoms with Gasteiger partial charge in [0.25, 0.3) is 0 Å². The van der Waals surface area contributed by atoms with Gasteiger partial charge in [-0.2, -0.15) is 0 Å². The quantitative estimate of drug-likeness (QED) is 0.668. The van der Waals surface area contributed by atoms with E-state index in [4.69, 9.17) is 5.73 Å². The molecule has 2 aliphatic rings. The Morgan fingerprint density at radius 1 is 1.14 bits per heavy atom. The standard InChI is InChI=1S/C14H19Br2N3.2ClH/c15-10-7-11(13(17)12(16)8-10)14(9-1-2-9)19-5-3-18-4-6-19;;/h7-9,14,18H,1-6,17H2;2*1H/t14-;;/m0../s1. The number of nitrogens with one attached hydrogen (secondary N) is 1. The lowest BCUT2D eigenvalue weighted by Crippen LogP contribution is -2.45. The molecule has 0 bridgehead atoms. The highest BCUT2D eigenvalue weighted by Crippen LogP contribution is 2.47. The Morgan fingerprint density at radius 3 is 2.33 bits per heavy atom. The fourth-order valence-corrected chi connectivity index (χ4v) is 4.23. The number of hydrogen-bond donors (Lipinski definition) is 2. The highest BCUT2D eigenvalue weighted by atomic mass is 79.9. The first-order valence-electron chi connectivity index (χ1n) is 6.86. The molecule has 0 radical (unpaired) electrons. The first-order chi connectivity index (χ1) is 9.16. The number of rotatable bonds is 3. The molecule has 0 aromatic heterocycles. The topological polar surface area (TPSA) is 41.3 Å². The van der Waals surface area contributed by atoms with Crippen molar-refractivity contribution in [3.63, 3.8) is 0 Å². The Hall–Kier alpha value is 0.480. The molecular weight excluding hydrogens is 441 g/mol. The Balaban J connectivity index is 0.00000110. The third-order valence-electron chi connectivity index (χ3n) is 4.06. The molecule has 120 valence electrons. The zero-order valence-electron chi connectivity index (χ0n) is 11.6. The van der Waals surface area contributed by atoms with Crippen LogP contribution >= 0.6 is 56.7 Å². The molecule has 3 N–H and O–H groups in total. The van der Waals surface area contributed by atoms with Gasteiger partial charge in [0.2, 0.25) is 0 Å². The van der Waals surface area contributed by atoms with Crippen LogP contribution in [0, 0.1) is 5.92 Å². The van der Waals surface area contributed by atoms with Crippen LogP contribution in [0.25, 0.3) is 0 Å². The molecule has 0 unspecified atom stereocenters. The van der Waals surface area contributed by atoms with Crippen LogP contribution in [-0.2, 0) is 0 Å². The third kappa shape index (κ3) is 4.49. The Labute approximate surface area is 155 Å². The minimum atomic E-state index is 0. The average molecular weight is 462 g/mol. The van der Waals surface area contributed by atoms with Crippen molar-refractivity contribution < 1.29 is 0 Å². The van der Waals surface area contributed by atoms with E-state index in [1.807, 2.05) is 6.07 Å². The number of piperazine rings is 1. The van der Waals surface area contributed by atoms with Gasteiger partial charge in [-0.3, -0.25) is 4.90 Å². The predicted molar refractivity (Wildman–Crippen MR) is 101 cm³/mol. The van der Waals surface area contributed by atoms with E-state index in [1.54, 1.807) is 0 Å². The lowest BCUT2D eigenvalue weighted by Gasteiger charge is -2.36. The van der Waals surface area contributed by atoms with Gasteiger partial charge in [-0.05, 0) is 52.4 Å². The van der Waals surface area contributed by atoms with Gasteiger partial charge >= 0.3 is 0 Å². The zero-order valence-corrected chi connectivity index (χ0v) is 16.5. The maximum absolute atomic E-state index is 6.31. The van der Waals surface area contributed by atoms with Gasteiger partial charge in [0, 0.05) is 41.2 Å². The van der Waals surface area contributed by atoms with Crippen molar-refractivity contribution in [1.29, 1.82) is 0 Å². The summed E-state index contributed by atoms with van der Waals surface area (Å²) >= 11 is 7.17. The van der Waals surface area contributed by atoms with Gasteiger partial charge in [0.15, 0.2) is 0 Å². The molecule has 21 heavy (non-hydrogen) atoms. The van der Waals surface area contributed by atoms with Crippen LogP contribution in [-0.4, -0.2) is 31.1 Å². The number of nitrogens with two attached hydrogens (primary N) is 1. The predicted octanol–water partition coefficient (Wildman–Crippen LogP) is 3.99. The first kappa shape index (κ1) is 19.5. The van der Waals surface area contributed by atoms with Crippen LogP contribution in [0.1, 0.15) is 24.4 Å². The molecule has 1 aromatic rings.